The molecule has 4 nitrogen and oxygen atoms in total. The van der Waals surface area contributed by atoms with E-state index in [2.05, 4.69) is 15.2 Å². The van der Waals surface area contributed by atoms with E-state index in [-0.39, 0.29) is 30.7 Å². The summed E-state index contributed by atoms with van der Waals surface area (Å²) in [5.74, 6) is 1.10. The maximum absolute atomic E-state index is 10.6. The van der Waals surface area contributed by atoms with E-state index >= 15 is 0 Å². The van der Waals surface area contributed by atoms with E-state index in [4.69, 9.17) is 11.6 Å². The lowest BCUT2D eigenvalue weighted by molar-refractivity contribution is -0.0539. The summed E-state index contributed by atoms with van der Waals surface area (Å²) in [6, 6.07) is 3.71. The molecule has 2 N–H and O–H groups in total. The highest BCUT2D eigenvalue weighted by atomic mass is 35.5. The maximum Gasteiger partial charge on any atom is 0.147 e. The van der Waals surface area contributed by atoms with Crippen LogP contribution in [0.25, 0.3) is 0 Å². The molecule has 1 aromatic heterocycles. The lowest BCUT2D eigenvalue weighted by Gasteiger charge is -2.47. The van der Waals surface area contributed by atoms with Gasteiger partial charge in [-0.25, -0.2) is 4.98 Å². The summed E-state index contributed by atoms with van der Waals surface area (Å²) in [4.78, 5) is 6.54. The van der Waals surface area contributed by atoms with Crippen LogP contribution in [-0.4, -0.2) is 41.9 Å². The minimum atomic E-state index is -0.497. The van der Waals surface area contributed by atoms with Crippen LogP contribution >= 0.6 is 36.4 Å². The number of piperidine rings is 2. The van der Waals surface area contributed by atoms with Crippen LogP contribution in [0.2, 0.25) is 5.02 Å². The minimum absolute atomic E-state index is 0. The molecule has 3 rings (SSSR count). The number of anilines is 1. The van der Waals surface area contributed by atoms with Crippen LogP contribution in [0.3, 0.4) is 0 Å². The number of aromatic nitrogens is 1. The van der Waals surface area contributed by atoms with E-state index in [0.717, 1.165) is 44.8 Å². The largest absolute Gasteiger partial charge is 0.389 e. The van der Waals surface area contributed by atoms with Crippen molar-refractivity contribution in [2.45, 2.75) is 18.4 Å². The highest BCUT2D eigenvalue weighted by Crippen LogP contribution is 2.35. The van der Waals surface area contributed by atoms with Crippen LogP contribution in [0.5, 0.6) is 0 Å². The van der Waals surface area contributed by atoms with Crippen LogP contribution in [0.4, 0.5) is 5.82 Å². The van der Waals surface area contributed by atoms with Crippen molar-refractivity contribution in [1.82, 2.24) is 10.3 Å². The molecule has 0 radical (unpaired) electrons. The third kappa shape index (κ3) is 3.31. The minimum Gasteiger partial charge on any atom is -0.389 e. The number of pyridine rings is 1. The third-order valence-electron chi connectivity index (χ3n) is 4.18. The summed E-state index contributed by atoms with van der Waals surface area (Å²) in [6.07, 6.45) is 3.41. The van der Waals surface area contributed by atoms with Crippen molar-refractivity contribution in [2.24, 2.45) is 5.92 Å². The highest BCUT2D eigenvalue weighted by molar-refractivity contribution is 6.32. The molecule has 114 valence electrons. The molecular weight excluding hydrogens is 321 g/mol. The van der Waals surface area contributed by atoms with Gasteiger partial charge in [-0.1, -0.05) is 11.6 Å². The Morgan fingerprint density at radius 1 is 1.40 bits per heavy atom. The van der Waals surface area contributed by atoms with Gasteiger partial charge in [0.2, 0.25) is 0 Å². The third-order valence-corrected chi connectivity index (χ3v) is 4.47. The summed E-state index contributed by atoms with van der Waals surface area (Å²) in [5, 5.41) is 14.6. The summed E-state index contributed by atoms with van der Waals surface area (Å²) in [6.45, 7) is 3.43. The first kappa shape index (κ1) is 17.8. The Kier molecular flexibility index (Phi) is 6.35. The Labute approximate surface area is 136 Å². The zero-order valence-electron chi connectivity index (χ0n) is 11.1. The second kappa shape index (κ2) is 7.14. The van der Waals surface area contributed by atoms with E-state index < -0.39 is 5.60 Å². The number of fused-ring (bicyclic) bond motifs is 1. The second-order valence-electron chi connectivity index (χ2n) is 5.26. The Morgan fingerprint density at radius 3 is 2.95 bits per heavy atom. The maximum atomic E-state index is 10.6. The SMILES string of the molecule is Cl.Cl.O[C@]12CCNC[C@H]1CN(c1ncccc1Cl)CC2. The average Bonchev–Trinajstić information content (AvgIpc) is 2.38. The molecule has 3 heterocycles. The van der Waals surface area contributed by atoms with E-state index in [1.807, 2.05) is 12.1 Å². The molecule has 2 atom stereocenters. The first-order valence-electron chi connectivity index (χ1n) is 6.48. The Morgan fingerprint density at radius 2 is 2.20 bits per heavy atom. The molecule has 2 aliphatic heterocycles. The number of aliphatic hydroxyl groups is 1. The molecule has 0 amide bonds. The summed E-state index contributed by atoms with van der Waals surface area (Å²) in [7, 11) is 0. The van der Waals surface area contributed by atoms with Crippen LogP contribution in [0, 0.1) is 5.92 Å². The van der Waals surface area contributed by atoms with Crippen molar-refractivity contribution in [2.75, 3.05) is 31.1 Å². The van der Waals surface area contributed by atoms with E-state index in [1.165, 1.54) is 0 Å². The molecule has 1 aromatic rings. The molecule has 0 bridgehead atoms. The molecule has 2 aliphatic rings. The molecule has 0 saturated carbocycles. The van der Waals surface area contributed by atoms with E-state index in [0.29, 0.717) is 5.02 Å². The molecular formula is C13H20Cl3N3O. The lowest BCUT2D eigenvalue weighted by atomic mass is 9.76. The predicted octanol–water partition coefficient (Wildman–Crippen LogP) is 2.13. The number of halogens is 3. The number of nitrogens with zero attached hydrogens (tertiary/aromatic N) is 2. The van der Waals surface area contributed by atoms with Gasteiger partial charge in [0.05, 0.1) is 10.6 Å². The number of hydrogen-bond acceptors (Lipinski definition) is 4. The Balaban J connectivity index is 0.000001000. The highest BCUT2D eigenvalue weighted by Gasteiger charge is 2.43. The van der Waals surface area contributed by atoms with Gasteiger partial charge in [0.1, 0.15) is 5.82 Å². The van der Waals surface area contributed by atoms with E-state index in [1.54, 1.807) is 6.20 Å². The van der Waals surface area contributed by atoms with Gasteiger partial charge in [-0.2, -0.15) is 0 Å². The number of nitrogens with one attached hydrogen (secondary N) is 1. The van der Waals surface area contributed by atoms with Gasteiger partial charge in [-0.3, -0.25) is 0 Å². The Hall–Kier alpha value is -0.260. The van der Waals surface area contributed by atoms with Crippen molar-refractivity contribution in [1.29, 1.82) is 0 Å². The number of rotatable bonds is 1. The van der Waals surface area contributed by atoms with E-state index in [9.17, 15) is 5.11 Å². The fraction of sp³-hybridized carbons (Fsp3) is 0.615. The van der Waals surface area contributed by atoms with Crippen LogP contribution < -0.4 is 10.2 Å². The smallest absolute Gasteiger partial charge is 0.147 e. The van der Waals surface area contributed by atoms with Crippen molar-refractivity contribution in [3.63, 3.8) is 0 Å². The van der Waals surface area contributed by atoms with Gasteiger partial charge < -0.3 is 15.3 Å². The van der Waals surface area contributed by atoms with Crippen molar-refractivity contribution in [3.8, 4) is 0 Å². The van der Waals surface area contributed by atoms with Gasteiger partial charge in [-0.15, -0.1) is 24.8 Å². The van der Waals surface area contributed by atoms with Gasteiger partial charge in [0, 0.05) is 31.7 Å². The average molecular weight is 341 g/mol. The summed E-state index contributed by atoms with van der Waals surface area (Å²) < 4.78 is 0. The first-order chi connectivity index (χ1) is 8.69. The van der Waals surface area contributed by atoms with Gasteiger partial charge >= 0.3 is 0 Å². The molecule has 2 saturated heterocycles. The van der Waals surface area contributed by atoms with Crippen molar-refractivity contribution < 1.29 is 5.11 Å². The normalized spacial score (nSPS) is 28.9. The van der Waals surface area contributed by atoms with Gasteiger partial charge in [-0.05, 0) is 31.5 Å². The molecule has 0 aromatic carbocycles. The van der Waals surface area contributed by atoms with Gasteiger partial charge in [0.15, 0.2) is 0 Å². The zero-order valence-corrected chi connectivity index (χ0v) is 13.5. The fourth-order valence-corrected chi connectivity index (χ4v) is 3.27. The van der Waals surface area contributed by atoms with Crippen LogP contribution in [-0.2, 0) is 0 Å². The second-order valence-corrected chi connectivity index (χ2v) is 5.67. The van der Waals surface area contributed by atoms with Crippen molar-refractivity contribution >= 4 is 42.2 Å². The quantitative estimate of drug-likeness (QED) is 0.822. The molecule has 0 aliphatic carbocycles. The fourth-order valence-electron chi connectivity index (χ4n) is 3.03. The monoisotopic (exact) mass is 339 g/mol. The van der Waals surface area contributed by atoms with Crippen LogP contribution in [0.1, 0.15) is 12.8 Å². The molecule has 0 spiro atoms. The summed E-state index contributed by atoms with van der Waals surface area (Å²) >= 11 is 6.19. The van der Waals surface area contributed by atoms with Crippen LogP contribution in [0.15, 0.2) is 18.3 Å². The molecule has 2 fully saturated rings. The molecule has 0 unspecified atom stereocenters. The standard InChI is InChI=1S/C13H18ClN3O.2ClH/c14-11-2-1-5-16-12(11)17-7-4-13(18)3-6-15-8-10(13)9-17;;/h1-2,5,10,15,18H,3-4,6-9H2;2*1H/t10-,13-;;/m0../s1. The first-order valence-corrected chi connectivity index (χ1v) is 6.85. The summed E-state index contributed by atoms with van der Waals surface area (Å²) in [5.41, 5.74) is -0.497. The van der Waals surface area contributed by atoms with Gasteiger partial charge in [0.25, 0.3) is 0 Å². The topological polar surface area (TPSA) is 48.4 Å². The molecule has 20 heavy (non-hydrogen) atoms. The lowest BCUT2D eigenvalue weighted by Crippen LogP contribution is -2.59. The predicted molar refractivity (Wildman–Crippen MR) is 86.5 cm³/mol. The Bertz CT molecular complexity index is 449. The molecule has 7 heteroatoms. The number of hydrogen-bond donors (Lipinski definition) is 2. The zero-order chi connectivity index (χ0) is 12.6. The van der Waals surface area contributed by atoms with Crippen molar-refractivity contribution in [3.05, 3.63) is 23.4 Å².